The van der Waals surface area contributed by atoms with E-state index < -0.39 is 5.97 Å². The first-order valence-electron chi connectivity index (χ1n) is 9.45. The smallest absolute Gasteiger partial charge is 0.347 e. The van der Waals surface area contributed by atoms with Crippen molar-refractivity contribution in [3.63, 3.8) is 0 Å². The van der Waals surface area contributed by atoms with Gasteiger partial charge < -0.3 is 5.11 Å². The molecule has 1 N–H and O–H groups in total. The van der Waals surface area contributed by atoms with Gasteiger partial charge in [0, 0.05) is 23.0 Å². The molecule has 29 heavy (non-hydrogen) atoms. The van der Waals surface area contributed by atoms with E-state index in [0.29, 0.717) is 22.0 Å². The Bertz CT molecular complexity index is 1000. The summed E-state index contributed by atoms with van der Waals surface area (Å²) in [6.45, 7) is 1.78. The van der Waals surface area contributed by atoms with E-state index in [4.69, 9.17) is 28.2 Å². The number of aromatic nitrogens is 1. The number of nitrogens with zero attached hydrogens (tertiary/aromatic N) is 2. The van der Waals surface area contributed by atoms with Gasteiger partial charge in [-0.05, 0) is 54.8 Å². The summed E-state index contributed by atoms with van der Waals surface area (Å²) < 4.78 is 0. The van der Waals surface area contributed by atoms with E-state index in [0.717, 1.165) is 41.5 Å². The molecule has 150 valence electrons. The second-order valence-electron chi connectivity index (χ2n) is 7.19. The van der Waals surface area contributed by atoms with Crippen LogP contribution >= 0.6 is 34.5 Å². The van der Waals surface area contributed by atoms with E-state index in [1.54, 1.807) is 0 Å². The third kappa shape index (κ3) is 4.81. The second-order valence-corrected chi connectivity index (χ2v) is 9.09. The molecular formula is C22H20Cl2N2O2S. The zero-order chi connectivity index (χ0) is 20.4. The van der Waals surface area contributed by atoms with Crippen LogP contribution in [0.2, 0.25) is 10.0 Å². The fourth-order valence-electron chi connectivity index (χ4n) is 3.71. The molecule has 7 heteroatoms. The maximum absolute atomic E-state index is 11.8. The highest BCUT2D eigenvalue weighted by molar-refractivity contribution is 7.13. The van der Waals surface area contributed by atoms with Crippen LogP contribution in [-0.4, -0.2) is 27.5 Å². The molecule has 0 spiro atoms. The van der Waals surface area contributed by atoms with Crippen LogP contribution < -0.4 is 0 Å². The van der Waals surface area contributed by atoms with Crippen LogP contribution in [0.1, 0.15) is 50.4 Å². The summed E-state index contributed by atoms with van der Waals surface area (Å²) >= 11 is 13.3. The van der Waals surface area contributed by atoms with Crippen molar-refractivity contribution in [3.05, 3.63) is 85.3 Å². The van der Waals surface area contributed by atoms with Crippen molar-refractivity contribution in [2.45, 2.75) is 31.8 Å². The molecule has 1 aromatic heterocycles. The van der Waals surface area contributed by atoms with Crippen LogP contribution in [-0.2, 0) is 13.0 Å². The van der Waals surface area contributed by atoms with Crippen LogP contribution in [0.15, 0.2) is 48.5 Å². The molecule has 4 rings (SSSR count). The standard InChI is InChI=1S/C22H20Cl2N2O2S/c23-16-7-3-14(4-8-16)12-18-20(22(27)28)29-21(25-18)19-2-1-11-26(19)13-15-5-9-17(24)10-6-15/h3-10,19H,1-2,11-13H2,(H,27,28)/t19-/m0/s1. The average Bonchev–Trinajstić information content (AvgIpc) is 3.32. The topological polar surface area (TPSA) is 53.4 Å². The van der Waals surface area contributed by atoms with E-state index in [2.05, 4.69) is 4.90 Å². The lowest BCUT2D eigenvalue weighted by molar-refractivity contribution is 0.0701. The average molecular weight is 447 g/mol. The van der Waals surface area contributed by atoms with Gasteiger partial charge in [-0.2, -0.15) is 0 Å². The predicted octanol–water partition coefficient (Wildman–Crippen LogP) is 6.08. The molecule has 2 aromatic carbocycles. The van der Waals surface area contributed by atoms with E-state index in [1.807, 2.05) is 48.5 Å². The number of hydrogen-bond acceptors (Lipinski definition) is 4. The molecule has 3 aromatic rings. The van der Waals surface area contributed by atoms with Crippen LogP contribution in [0.3, 0.4) is 0 Å². The summed E-state index contributed by atoms with van der Waals surface area (Å²) in [6.07, 6.45) is 2.55. The van der Waals surface area contributed by atoms with Gasteiger partial charge in [0.05, 0.1) is 11.7 Å². The van der Waals surface area contributed by atoms with E-state index in [9.17, 15) is 9.90 Å². The molecule has 2 heterocycles. The zero-order valence-electron chi connectivity index (χ0n) is 15.6. The Balaban J connectivity index is 1.57. The Hall–Kier alpha value is -1.92. The third-order valence-corrected chi connectivity index (χ3v) is 6.83. The largest absolute Gasteiger partial charge is 0.477 e. The van der Waals surface area contributed by atoms with Gasteiger partial charge in [-0.1, -0.05) is 47.5 Å². The molecule has 0 aliphatic carbocycles. The predicted molar refractivity (Wildman–Crippen MR) is 117 cm³/mol. The number of thiazole rings is 1. The van der Waals surface area contributed by atoms with Gasteiger partial charge in [0.2, 0.25) is 0 Å². The first-order chi connectivity index (χ1) is 14.0. The van der Waals surface area contributed by atoms with E-state index in [-0.39, 0.29) is 6.04 Å². The number of likely N-dealkylation sites (tertiary alicyclic amines) is 1. The minimum Gasteiger partial charge on any atom is -0.477 e. The van der Waals surface area contributed by atoms with Crippen LogP contribution in [0.5, 0.6) is 0 Å². The van der Waals surface area contributed by atoms with Crippen LogP contribution in [0.4, 0.5) is 0 Å². The molecule has 0 bridgehead atoms. The lowest BCUT2D eigenvalue weighted by Gasteiger charge is -2.22. The lowest BCUT2D eigenvalue weighted by Crippen LogP contribution is -2.22. The summed E-state index contributed by atoms with van der Waals surface area (Å²) in [5.41, 5.74) is 2.81. The molecule has 1 aliphatic heterocycles. The number of hydrogen-bond donors (Lipinski definition) is 1. The minimum absolute atomic E-state index is 0.146. The number of halogens is 2. The van der Waals surface area contributed by atoms with Crippen molar-refractivity contribution in [2.75, 3.05) is 6.54 Å². The van der Waals surface area contributed by atoms with Gasteiger partial charge in [0.15, 0.2) is 0 Å². The molecule has 1 aliphatic rings. The van der Waals surface area contributed by atoms with Gasteiger partial charge in [-0.25, -0.2) is 9.78 Å². The molecule has 1 fully saturated rings. The maximum atomic E-state index is 11.8. The highest BCUT2D eigenvalue weighted by atomic mass is 35.5. The normalized spacial score (nSPS) is 17.0. The van der Waals surface area contributed by atoms with Gasteiger partial charge in [0.1, 0.15) is 9.88 Å². The van der Waals surface area contributed by atoms with Crippen molar-refractivity contribution in [1.82, 2.24) is 9.88 Å². The molecule has 4 nitrogen and oxygen atoms in total. The van der Waals surface area contributed by atoms with Gasteiger partial charge in [-0.3, -0.25) is 4.90 Å². The van der Waals surface area contributed by atoms with Gasteiger partial charge in [-0.15, -0.1) is 11.3 Å². The molecule has 0 amide bonds. The summed E-state index contributed by atoms with van der Waals surface area (Å²) in [6, 6.07) is 15.5. The van der Waals surface area contributed by atoms with Crippen molar-refractivity contribution in [3.8, 4) is 0 Å². The summed E-state index contributed by atoms with van der Waals surface area (Å²) in [7, 11) is 0. The molecular weight excluding hydrogens is 427 g/mol. The Morgan fingerprint density at radius 1 is 1.07 bits per heavy atom. The Kier molecular flexibility index (Phi) is 6.20. The number of benzene rings is 2. The molecule has 0 unspecified atom stereocenters. The molecule has 1 saturated heterocycles. The number of carboxylic acid groups (broad SMARTS) is 1. The van der Waals surface area contributed by atoms with Gasteiger partial charge in [0.25, 0.3) is 0 Å². The van der Waals surface area contributed by atoms with Crippen molar-refractivity contribution < 1.29 is 9.90 Å². The van der Waals surface area contributed by atoms with E-state index >= 15 is 0 Å². The summed E-state index contributed by atoms with van der Waals surface area (Å²) in [5.74, 6) is -0.917. The quantitative estimate of drug-likeness (QED) is 0.498. The fraction of sp³-hybridized carbons (Fsp3) is 0.273. The van der Waals surface area contributed by atoms with Crippen LogP contribution in [0.25, 0.3) is 0 Å². The van der Waals surface area contributed by atoms with Crippen molar-refractivity contribution in [2.24, 2.45) is 0 Å². The van der Waals surface area contributed by atoms with Crippen LogP contribution in [0, 0.1) is 0 Å². The highest BCUT2D eigenvalue weighted by Crippen LogP contribution is 2.37. The zero-order valence-corrected chi connectivity index (χ0v) is 18.0. The van der Waals surface area contributed by atoms with Gasteiger partial charge >= 0.3 is 5.97 Å². The number of rotatable bonds is 6. The highest BCUT2D eigenvalue weighted by Gasteiger charge is 2.30. The summed E-state index contributed by atoms with van der Waals surface area (Å²) in [4.78, 5) is 19.3. The number of aromatic carboxylic acids is 1. The van der Waals surface area contributed by atoms with E-state index in [1.165, 1.54) is 16.9 Å². The first-order valence-corrected chi connectivity index (χ1v) is 11.0. The maximum Gasteiger partial charge on any atom is 0.347 e. The molecule has 0 radical (unpaired) electrons. The Morgan fingerprint density at radius 2 is 1.69 bits per heavy atom. The minimum atomic E-state index is -0.917. The monoisotopic (exact) mass is 446 g/mol. The lowest BCUT2D eigenvalue weighted by atomic mass is 10.1. The summed E-state index contributed by atoms with van der Waals surface area (Å²) in [5, 5.41) is 12.0. The number of carboxylic acids is 1. The number of carbonyl (C=O) groups is 1. The Labute approximate surface area is 183 Å². The van der Waals surface area contributed by atoms with Crippen molar-refractivity contribution in [1.29, 1.82) is 0 Å². The SMILES string of the molecule is O=C(O)c1sc([C@@H]2CCCN2Cc2ccc(Cl)cc2)nc1Cc1ccc(Cl)cc1. The third-order valence-electron chi connectivity index (χ3n) is 5.14. The first kappa shape index (κ1) is 20.4. The molecule has 0 saturated carbocycles. The Morgan fingerprint density at radius 3 is 2.31 bits per heavy atom. The molecule has 1 atom stereocenters. The fourth-order valence-corrected chi connectivity index (χ4v) is 5.06. The van der Waals surface area contributed by atoms with Crippen molar-refractivity contribution >= 4 is 40.5 Å². The second kappa shape index (κ2) is 8.84.